The van der Waals surface area contributed by atoms with E-state index in [2.05, 4.69) is 142 Å². The fourth-order valence-corrected chi connectivity index (χ4v) is 10.4. The van der Waals surface area contributed by atoms with E-state index in [1.165, 1.54) is 16.7 Å². The molecule has 561 valence electrons. The van der Waals surface area contributed by atoms with Crippen molar-refractivity contribution < 1.29 is 23.8 Å². The van der Waals surface area contributed by atoms with Crippen LogP contribution in [0.5, 0.6) is 17.2 Å². The molecule has 15 nitrogen and oxygen atoms in total. The van der Waals surface area contributed by atoms with Gasteiger partial charge in [-0.15, -0.1) is 19.3 Å². The van der Waals surface area contributed by atoms with Crippen LogP contribution in [0.15, 0.2) is 210 Å². The van der Waals surface area contributed by atoms with Gasteiger partial charge in [-0.05, 0) is 142 Å². The standard InChI is InChI=1S/C26H22ClN3O2.C25H23ClN2O2.C19H19NO2.C6H5BrClN.C6H6ClN.CCl4.BHNS/c1-4-13-32-21-10-11-23-22(14-21)25(20-8-6-19(7-9-20)17(2)3)29-26(31)30(23)16-18-5-12-24(27)28-15-18;1-4-13-30-21-10-11-23(27-15-18-5-12-24(26)28-16-18)22(14-21)25(29)20-8-6-19(7-9-20)17(2)3;1-4-11-22-16-9-10-18(20)17(12-16)19(21)15-7-5-14(6-8-15)13(2)3;7-3-5-1-2-6(8)9-4-5;1-5-2-3-6(7)8-4-5;2-1(3,4)5;1-2-3/h1,5-12,14-15,17H,13,16H2,2-3H3;1,5-12,14,16-17,27H,13,15H2,2-3H3;1,5-10,12-13H,11,20H2,2-3H3;1-2,4H,3H2;2-4H,1H3;;3H. The number of nitrogens with zero attached hydrogens (tertiary/aromatic N) is 7. The molecule has 0 atom stereocenters. The number of fused-ring (bicyclic) bond motifs is 1. The zero-order chi connectivity index (χ0) is 80.2. The van der Waals surface area contributed by atoms with Gasteiger partial charge < -0.3 is 25.3 Å². The first-order valence-corrected chi connectivity index (χ1v) is 37.7. The third kappa shape index (κ3) is 31.9. The van der Waals surface area contributed by atoms with Crippen LogP contribution in [0.25, 0.3) is 22.2 Å². The second kappa shape index (κ2) is 47.2. The van der Waals surface area contributed by atoms with Gasteiger partial charge in [0.1, 0.15) is 57.7 Å². The van der Waals surface area contributed by atoms with Crippen molar-refractivity contribution in [3.05, 3.63) is 293 Å². The first kappa shape index (κ1) is 90.7. The molecule has 109 heavy (non-hydrogen) atoms. The maximum absolute atomic E-state index is 13.3. The van der Waals surface area contributed by atoms with Crippen LogP contribution in [0.2, 0.25) is 20.6 Å². The predicted molar refractivity (Wildman–Crippen MR) is 458 cm³/mol. The Balaban J connectivity index is 0.000000254. The number of nitrogens with one attached hydrogen (secondary N) is 1. The molecule has 0 fully saturated rings. The predicted octanol–water partition coefficient (Wildman–Crippen LogP) is 22.1. The Kier molecular flexibility index (Phi) is 39.3. The van der Waals surface area contributed by atoms with E-state index in [4.69, 9.17) is 132 Å². The van der Waals surface area contributed by atoms with E-state index in [0.29, 0.717) is 108 Å². The summed E-state index contributed by atoms with van der Waals surface area (Å²) in [6.45, 7) is 16.0. The van der Waals surface area contributed by atoms with E-state index in [9.17, 15) is 14.4 Å². The Morgan fingerprint density at radius 1 is 0.569 bits per heavy atom. The van der Waals surface area contributed by atoms with Gasteiger partial charge in [-0.1, -0.05) is 265 Å². The first-order valence-electron chi connectivity index (χ1n) is 33.2. The number of alkyl halides is 5. The summed E-state index contributed by atoms with van der Waals surface area (Å²) in [7, 11) is 4.34. The topological polar surface area (TPSA) is 199 Å². The molecular formula is C83H76BBrCl8N9O6S. The molecule has 0 aliphatic carbocycles. The van der Waals surface area contributed by atoms with Gasteiger partial charge in [-0.3, -0.25) is 14.2 Å². The Bertz CT molecular complexity index is 4900. The van der Waals surface area contributed by atoms with Gasteiger partial charge in [0.25, 0.3) is 3.25 Å². The third-order valence-electron chi connectivity index (χ3n) is 15.2. The van der Waals surface area contributed by atoms with Gasteiger partial charge in [0.05, 0.1) is 17.8 Å². The summed E-state index contributed by atoms with van der Waals surface area (Å²) >= 11 is 48.6. The fourth-order valence-electron chi connectivity index (χ4n) is 9.58. The molecule has 11 aromatic rings. The second-order valence-corrected chi connectivity index (χ2v) is 29.9. The summed E-state index contributed by atoms with van der Waals surface area (Å²) in [5.74, 6) is 10.0. The molecule has 5 heterocycles. The van der Waals surface area contributed by atoms with Crippen molar-refractivity contribution >= 4 is 163 Å². The molecule has 0 aliphatic heterocycles. The average molecular weight is 1700 g/mol. The van der Waals surface area contributed by atoms with Gasteiger partial charge in [0.2, 0.25) is 0 Å². The van der Waals surface area contributed by atoms with E-state index in [-0.39, 0.29) is 37.1 Å². The van der Waals surface area contributed by atoms with E-state index >= 15 is 0 Å². The molecule has 0 saturated heterocycles. The number of benzene rings is 6. The van der Waals surface area contributed by atoms with E-state index in [1.54, 1.807) is 90.0 Å². The van der Waals surface area contributed by atoms with Crippen molar-refractivity contribution in [1.82, 2.24) is 29.5 Å². The van der Waals surface area contributed by atoms with Gasteiger partial charge in [0, 0.05) is 81.2 Å². The molecular weight excluding hydrogens is 1630 g/mol. The molecule has 0 saturated carbocycles. The van der Waals surface area contributed by atoms with Crippen LogP contribution in [0, 0.1) is 44.0 Å². The number of nitrogen functional groups attached to an aromatic ring is 1. The number of rotatable bonds is 20. The molecule has 0 spiro atoms. The van der Waals surface area contributed by atoms with Crippen LogP contribution in [0.1, 0.15) is 130 Å². The summed E-state index contributed by atoms with van der Waals surface area (Å²) in [6, 6.07) is 53.9. The van der Waals surface area contributed by atoms with Crippen LogP contribution in [0.3, 0.4) is 0 Å². The molecule has 11 rings (SSSR count). The summed E-state index contributed by atoms with van der Waals surface area (Å²) in [5, 5.41) is 6.88. The third-order valence-corrected chi connectivity index (χ3v) is 16.7. The number of thiol groups is 1. The Morgan fingerprint density at radius 2 is 0.963 bits per heavy atom. The number of halogens is 9. The second-order valence-electron chi connectivity index (χ2n) is 24.1. The minimum atomic E-state index is -1.61. The molecule has 0 amide bonds. The van der Waals surface area contributed by atoms with Gasteiger partial charge in [-0.2, -0.15) is 4.98 Å². The summed E-state index contributed by atoms with van der Waals surface area (Å²) in [5.41, 5.74) is 18.8. The maximum atomic E-state index is 13.3. The number of ether oxygens (including phenoxy) is 3. The van der Waals surface area contributed by atoms with Gasteiger partial charge >= 0.3 is 30.4 Å². The fraction of sp³-hybridized carbons (Fsp3) is 0.205. The Labute approximate surface area is 692 Å². The summed E-state index contributed by atoms with van der Waals surface area (Å²) in [4.78, 5) is 59.3. The van der Waals surface area contributed by atoms with Crippen LogP contribution >= 0.6 is 122 Å². The SMILES string of the molecule is C#CCOc1ccc(N)c(C(=O)c2ccc(C(C)C)cc2)c1.C#CCOc1ccc(NCc2ccc(Cl)nc2)c(C(=O)c2ccc(C(C)C)cc2)c1.C#CCOc1ccc2c(c1)c(-c1ccc(C(C)C)cc1)nc(=O)n2Cc1ccc(Cl)nc1.Cc1ccc(Cl)nc1.ClC(Cl)(Cl)Cl.Clc1ccc(CBr)cn1.[B]=NS. The van der Waals surface area contributed by atoms with Crippen molar-refractivity contribution in [3.63, 3.8) is 0 Å². The number of aromatic nitrogens is 6. The Morgan fingerprint density at radius 3 is 1.38 bits per heavy atom. The van der Waals surface area contributed by atoms with Crippen molar-refractivity contribution in [2.45, 2.75) is 87.9 Å². The number of anilines is 2. The minimum absolute atomic E-state index is 0.0896. The number of ketones is 2. The number of pyridine rings is 4. The number of hydrogen-bond donors (Lipinski definition) is 3. The molecule has 1 radical (unpaired) electrons. The quantitative estimate of drug-likeness (QED) is 0.0124. The Hall–Kier alpha value is -8.91. The number of carbonyl (C=O) groups excluding carboxylic acids is 2. The average Bonchev–Trinajstić information content (AvgIpc) is 0.765. The molecule has 0 aliphatic rings. The van der Waals surface area contributed by atoms with Gasteiger partial charge in [-0.25, -0.2) is 24.7 Å². The first-order chi connectivity index (χ1) is 52.0. The molecule has 5 aromatic heterocycles. The number of hydrogen-bond acceptors (Lipinski definition) is 15. The van der Waals surface area contributed by atoms with Gasteiger partial charge in [0.15, 0.2) is 11.6 Å². The molecule has 6 aromatic carbocycles. The van der Waals surface area contributed by atoms with Crippen molar-refractivity contribution in [2.75, 3.05) is 30.9 Å². The molecule has 0 bridgehead atoms. The van der Waals surface area contributed by atoms with E-state index in [1.807, 2.05) is 110 Å². The van der Waals surface area contributed by atoms with Crippen LogP contribution in [-0.2, 0) is 18.4 Å². The molecule has 26 heteroatoms. The number of carbonyl (C=O) groups is 2. The number of nitrogens with two attached hydrogens (primary N) is 1. The summed E-state index contributed by atoms with van der Waals surface area (Å²) < 4.78 is 19.2. The zero-order valence-corrected chi connectivity index (χ0v) is 68.9. The number of aryl methyl sites for hydroxylation is 1. The van der Waals surface area contributed by atoms with Crippen LogP contribution in [-0.4, -0.2) is 71.8 Å². The molecule has 3 N–H and O–H groups in total. The normalized spacial score (nSPS) is 10.3. The number of terminal acetylenes is 3. The monoisotopic (exact) mass is 1700 g/mol. The van der Waals surface area contributed by atoms with Crippen molar-refractivity contribution in [3.8, 4) is 65.5 Å². The van der Waals surface area contributed by atoms with E-state index in [0.717, 1.165) is 44.1 Å². The van der Waals surface area contributed by atoms with Crippen molar-refractivity contribution in [2.24, 2.45) is 4.30 Å². The van der Waals surface area contributed by atoms with Crippen molar-refractivity contribution in [1.29, 1.82) is 0 Å². The zero-order valence-electron chi connectivity index (χ0n) is 60.3. The van der Waals surface area contributed by atoms with E-state index < -0.39 is 3.25 Å². The van der Waals surface area contributed by atoms with Crippen LogP contribution in [0.4, 0.5) is 11.4 Å². The summed E-state index contributed by atoms with van der Waals surface area (Å²) in [6.07, 6.45) is 22.6. The van der Waals surface area contributed by atoms with Crippen LogP contribution < -0.4 is 31.0 Å². The molecule has 0 unspecified atom stereocenters.